The van der Waals surface area contributed by atoms with E-state index in [2.05, 4.69) is 4.98 Å². The van der Waals surface area contributed by atoms with Crippen molar-refractivity contribution in [1.29, 1.82) is 0 Å². The van der Waals surface area contributed by atoms with Gasteiger partial charge in [-0.3, -0.25) is 0 Å². The first-order chi connectivity index (χ1) is 8.99. The zero-order chi connectivity index (χ0) is 14.0. The largest absolute Gasteiger partial charge is 0.438 e. The molecule has 0 spiro atoms. The Bertz CT molecular complexity index is 596. The third-order valence-corrected chi connectivity index (χ3v) is 2.89. The van der Waals surface area contributed by atoms with Crippen molar-refractivity contribution in [3.8, 4) is 11.6 Å². The van der Waals surface area contributed by atoms with Crippen molar-refractivity contribution in [2.24, 2.45) is 0 Å². The molecule has 1 aromatic carbocycles. The summed E-state index contributed by atoms with van der Waals surface area (Å²) >= 11 is 5.85. The maximum Gasteiger partial charge on any atom is 0.224 e. The number of rotatable bonds is 3. The lowest BCUT2D eigenvalue weighted by Gasteiger charge is -2.12. The maximum absolute atomic E-state index is 13.1. The summed E-state index contributed by atoms with van der Waals surface area (Å²) in [6.07, 6.45) is 0. The molecule has 0 radical (unpaired) electrons. The summed E-state index contributed by atoms with van der Waals surface area (Å²) in [5.74, 6) is -0.857. The third-order valence-electron chi connectivity index (χ3n) is 2.62. The molecule has 0 aliphatic rings. The van der Waals surface area contributed by atoms with Crippen LogP contribution in [0.2, 0.25) is 0 Å². The zero-order valence-electron chi connectivity index (χ0n) is 10.5. The van der Waals surface area contributed by atoms with E-state index in [9.17, 15) is 8.78 Å². The molecule has 2 rings (SSSR count). The normalized spacial score (nSPS) is 10.6. The van der Waals surface area contributed by atoms with Crippen LogP contribution in [0.5, 0.6) is 11.6 Å². The Kier molecular flexibility index (Phi) is 4.00. The number of pyridine rings is 1. The number of nitrogens with zero attached hydrogens (tertiary/aromatic N) is 1. The number of alkyl halides is 1. The number of aryl methyl sites for hydroxylation is 2. The molecule has 0 atom stereocenters. The van der Waals surface area contributed by atoms with E-state index >= 15 is 0 Å². The summed E-state index contributed by atoms with van der Waals surface area (Å²) < 4.78 is 31.7. The fraction of sp³-hybridized carbons (Fsp3) is 0.214. The van der Waals surface area contributed by atoms with Gasteiger partial charge in [-0.15, -0.1) is 11.6 Å². The van der Waals surface area contributed by atoms with Crippen LogP contribution >= 0.6 is 11.6 Å². The predicted molar refractivity (Wildman–Crippen MR) is 69.7 cm³/mol. The molecule has 0 fully saturated rings. The Hall–Kier alpha value is -1.68. The van der Waals surface area contributed by atoms with Crippen LogP contribution in [0.1, 0.15) is 16.8 Å². The van der Waals surface area contributed by atoms with Crippen molar-refractivity contribution in [1.82, 2.24) is 4.98 Å². The number of hydrogen-bond donors (Lipinski definition) is 0. The van der Waals surface area contributed by atoms with Crippen molar-refractivity contribution in [2.45, 2.75) is 19.7 Å². The first kappa shape index (κ1) is 13.7. The minimum absolute atomic E-state index is 0.0568. The molecule has 0 saturated heterocycles. The monoisotopic (exact) mass is 283 g/mol. The van der Waals surface area contributed by atoms with E-state index in [0.717, 1.165) is 29.5 Å². The standard InChI is InChI=1S/C14H12ClF2NO/c1-8-3-9(2)18-14(13(8)7-15)19-12-5-10(16)4-11(17)6-12/h3-6H,7H2,1-2H3. The molecule has 0 bridgehead atoms. The molecule has 2 nitrogen and oxygen atoms in total. The van der Waals surface area contributed by atoms with Gasteiger partial charge in [0.2, 0.25) is 5.88 Å². The Balaban J connectivity index is 2.42. The molecule has 0 aliphatic carbocycles. The van der Waals surface area contributed by atoms with Gasteiger partial charge < -0.3 is 4.74 Å². The smallest absolute Gasteiger partial charge is 0.224 e. The van der Waals surface area contributed by atoms with Gasteiger partial charge in [0.15, 0.2) is 0 Å². The Morgan fingerprint density at radius 3 is 2.32 bits per heavy atom. The lowest BCUT2D eigenvalue weighted by atomic mass is 10.1. The van der Waals surface area contributed by atoms with Gasteiger partial charge in [-0.1, -0.05) is 0 Å². The topological polar surface area (TPSA) is 22.1 Å². The third kappa shape index (κ3) is 3.20. The molecule has 19 heavy (non-hydrogen) atoms. The molecule has 2 aromatic rings. The first-order valence-electron chi connectivity index (χ1n) is 5.66. The van der Waals surface area contributed by atoms with Crippen LogP contribution < -0.4 is 4.74 Å². The number of hydrogen-bond acceptors (Lipinski definition) is 2. The van der Waals surface area contributed by atoms with E-state index in [1.54, 1.807) is 0 Å². The van der Waals surface area contributed by atoms with E-state index in [0.29, 0.717) is 5.56 Å². The molecule has 0 aliphatic heterocycles. The molecule has 1 heterocycles. The summed E-state index contributed by atoms with van der Waals surface area (Å²) in [5.41, 5.74) is 2.38. The number of benzene rings is 1. The SMILES string of the molecule is Cc1cc(C)c(CCl)c(Oc2cc(F)cc(F)c2)n1. The van der Waals surface area contributed by atoms with Gasteiger partial charge >= 0.3 is 0 Å². The van der Waals surface area contributed by atoms with Crippen molar-refractivity contribution < 1.29 is 13.5 Å². The second-order valence-corrected chi connectivity index (χ2v) is 4.47. The summed E-state index contributed by atoms with van der Waals surface area (Å²) in [7, 11) is 0. The van der Waals surface area contributed by atoms with E-state index in [4.69, 9.17) is 16.3 Å². The maximum atomic E-state index is 13.1. The Morgan fingerprint density at radius 2 is 1.74 bits per heavy atom. The van der Waals surface area contributed by atoms with E-state index in [-0.39, 0.29) is 17.5 Å². The molecular weight excluding hydrogens is 272 g/mol. The molecule has 1 aromatic heterocycles. The zero-order valence-corrected chi connectivity index (χ0v) is 11.3. The summed E-state index contributed by atoms with van der Waals surface area (Å²) in [6.45, 7) is 3.69. The highest BCUT2D eigenvalue weighted by Crippen LogP contribution is 2.28. The Morgan fingerprint density at radius 1 is 1.11 bits per heavy atom. The van der Waals surface area contributed by atoms with Crippen LogP contribution in [0, 0.1) is 25.5 Å². The minimum atomic E-state index is -0.702. The van der Waals surface area contributed by atoms with Crippen LogP contribution in [0.25, 0.3) is 0 Å². The van der Waals surface area contributed by atoms with Crippen molar-refractivity contribution >= 4 is 11.6 Å². The van der Waals surface area contributed by atoms with Crippen LogP contribution in [0.15, 0.2) is 24.3 Å². The molecule has 0 unspecified atom stereocenters. The van der Waals surface area contributed by atoms with Gasteiger partial charge in [-0.25, -0.2) is 13.8 Å². The average Bonchev–Trinajstić information content (AvgIpc) is 2.26. The van der Waals surface area contributed by atoms with E-state index in [1.165, 1.54) is 0 Å². The second-order valence-electron chi connectivity index (χ2n) is 4.21. The van der Waals surface area contributed by atoms with Crippen LogP contribution in [-0.2, 0) is 5.88 Å². The highest BCUT2D eigenvalue weighted by Gasteiger charge is 2.11. The molecule has 0 amide bonds. The van der Waals surface area contributed by atoms with Crippen LogP contribution in [0.3, 0.4) is 0 Å². The first-order valence-corrected chi connectivity index (χ1v) is 6.20. The van der Waals surface area contributed by atoms with Gasteiger partial charge in [-0.05, 0) is 25.5 Å². The number of aromatic nitrogens is 1. The highest BCUT2D eigenvalue weighted by atomic mass is 35.5. The fourth-order valence-corrected chi connectivity index (χ4v) is 2.10. The van der Waals surface area contributed by atoms with Gasteiger partial charge in [0.1, 0.15) is 17.4 Å². The lowest BCUT2D eigenvalue weighted by Crippen LogP contribution is -1.98. The minimum Gasteiger partial charge on any atom is -0.438 e. The molecule has 0 N–H and O–H groups in total. The predicted octanol–water partition coefficient (Wildman–Crippen LogP) is 4.51. The van der Waals surface area contributed by atoms with Gasteiger partial charge in [0, 0.05) is 29.5 Å². The van der Waals surface area contributed by atoms with Gasteiger partial charge in [0.25, 0.3) is 0 Å². The molecule has 5 heteroatoms. The fourth-order valence-electron chi connectivity index (χ4n) is 1.78. The van der Waals surface area contributed by atoms with Gasteiger partial charge in [-0.2, -0.15) is 0 Å². The number of halogens is 3. The number of ether oxygens (including phenoxy) is 1. The van der Waals surface area contributed by atoms with E-state index < -0.39 is 11.6 Å². The summed E-state index contributed by atoms with van der Waals surface area (Å²) in [4.78, 5) is 4.21. The van der Waals surface area contributed by atoms with E-state index in [1.807, 2.05) is 19.9 Å². The van der Waals surface area contributed by atoms with Crippen molar-refractivity contribution in [3.05, 3.63) is 52.7 Å². The average molecular weight is 284 g/mol. The summed E-state index contributed by atoms with van der Waals surface area (Å²) in [5, 5.41) is 0. The highest BCUT2D eigenvalue weighted by molar-refractivity contribution is 6.17. The van der Waals surface area contributed by atoms with Crippen LogP contribution in [0.4, 0.5) is 8.78 Å². The summed E-state index contributed by atoms with van der Waals surface area (Å²) in [6, 6.07) is 4.85. The van der Waals surface area contributed by atoms with Crippen molar-refractivity contribution in [3.63, 3.8) is 0 Å². The lowest BCUT2D eigenvalue weighted by molar-refractivity contribution is 0.445. The van der Waals surface area contributed by atoms with Gasteiger partial charge in [0.05, 0.1) is 5.88 Å². The molecule has 0 saturated carbocycles. The molecular formula is C14H12ClF2NO. The second kappa shape index (κ2) is 5.53. The van der Waals surface area contributed by atoms with Crippen molar-refractivity contribution in [2.75, 3.05) is 0 Å². The Labute approximate surface area is 115 Å². The molecule has 100 valence electrons. The van der Waals surface area contributed by atoms with Crippen LogP contribution in [-0.4, -0.2) is 4.98 Å². The quantitative estimate of drug-likeness (QED) is 0.773.